The van der Waals surface area contributed by atoms with E-state index in [0.717, 1.165) is 24.2 Å². The molecule has 0 unspecified atom stereocenters. The molecule has 0 bridgehead atoms. The van der Waals surface area contributed by atoms with Crippen molar-refractivity contribution in [3.05, 3.63) is 65.8 Å². The first kappa shape index (κ1) is 20.0. The first-order valence-electron chi connectivity index (χ1n) is 8.79. The lowest BCUT2D eigenvalue weighted by Crippen LogP contribution is -2.34. The van der Waals surface area contributed by atoms with Crippen molar-refractivity contribution in [2.45, 2.75) is 19.8 Å². The van der Waals surface area contributed by atoms with E-state index in [2.05, 4.69) is 10.6 Å². The predicted molar refractivity (Wildman–Crippen MR) is 105 cm³/mol. The van der Waals surface area contributed by atoms with E-state index in [0.29, 0.717) is 12.3 Å². The van der Waals surface area contributed by atoms with Crippen LogP contribution in [0.1, 0.15) is 31.1 Å². The maximum Gasteiger partial charge on any atom is 0.267 e. The summed E-state index contributed by atoms with van der Waals surface area (Å²) in [5.41, 5.74) is 0.973. The van der Waals surface area contributed by atoms with E-state index >= 15 is 0 Å². The van der Waals surface area contributed by atoms with Gasteiger partial charge in [-0.15, -0.1) is 0 Å². The fourth-order valence-corrected chi connectivity index (χ4v) is 2.21. The van der Waals surface area contributed by atoms with E-state index in [1.807, 2.05) is 19.1 Å². The van der Waals surface area contributed by atoms with E-state index in [4.69, 9.17) is 9.15 Å². The molecular weight excluding hydrogens is 344 g/mol. The molecule has 6 heteroatoms. The zero-order valence-corrected chi connectivity index (χ0v) is 15.5. The summed E-state index contributed by atoms with van der Waals surface area (Å²) in [5, 5.41) is 5.40. The van der Waals surface area contributed by atoms with Crippen LogP contribution in [0.2, 0.25) is 0 Å². The Morgan fingerprint density at radius 3 is 2.59 bits per heavy atom. The van der Waals surface area contributed by atoms with Crippen LogP contribution in [0.25, 0.3) is 12.2 Å². The second-order valence-electron chi connectivity index (χ2n) is 5.78. The minimum Gasteiger partial charge on any atom is -0.497 e. The minimum absolute atomic E-state index is 0.130. The lowest BCUT2D eigenvalue weighted by atomic mass is 10.2. The van der Waals surface area contributed by atoms with Crippen molar-refractivity contribution >= 4 is 24.0 Å². The summed E-state index contributed by atoms with van der Waals surface area (Å²) >= 11 is 0. The molecule has 1 aromatic heterocycles. The Labute approximate surface area is 158 Å². The number of carbonyl (C=O) groups is 2. The maximum absolute atomic E-state index is 12.4. The Bertz CT molecular complexity index is 790. The van der Waals surface area contributed by atoms with Crippen molar-refractivity contribution in [3.63, 3.8) is 0 Å². The van der Waals surface area contributed by atoms with E-state index in [1.165, 1.54) is 18.4 Å². The molecule has 0 radical (unpaired) electrons. The van der Waals surface area contributed by atoms with Gasteiger partial charge in [-0.2, -0.15) is 0 Å². The summed E-state index contributed by atoms with van der Waals surface area (Å²) in [5.74, 6) is 0.458. The van der Waals surface area contributed by atoms with E-state index in [1.54, 1.807) is 37.5 Å². The molecule has 6 nitrogen and oxygen atoms in total. The second kappa shape index (κ2) is 10.7. The van der Waals surface area contributed by atoms with Gasteiger partial charge < -0.3 is 19.8 Å². The van der Waals surface area contributed by atoms with Crippen LogP contribution in [-0.2, 0) is 9.59 Å². The van der Waals surface area contributed by atoms with E-state index in [9.17, 15) is 9.59 Å². The molecule has 0 aliphatic carbocycles. The van der Waals surface area contributed by atoms with Gasteiger partial charge in [-0.3, -0.25) is 9.59 Å². The molecule has 0 spiro atoms. The van der Waals surface area contributed by atoms with Crippen LogP contribution < -0.4 is 15.4 Å². The molecule has 2 N–H and O–H groups in total. The lowest BCUT2D eigenvalue weighted by molar-refractivity contribution is -0.121. The number of ether oxygens (including phenoxy) is 1. The van der Waals surface area contributed by atoms with Crippen molar-refractivity contribution in [1.29, 1.82) is 0 Å². The molecule has 2 rings (SSSR count). The number of rotatable bonds is 9. The van der Waals surface area contributed by atoms with Gasteiger partial charge in [0.1, 0.15) is 17.2 Å². The van der Waals surface area contributed by atoms with Crippen LogP contribution in [0.5, 0.6) is 5.75 Å². The molecule has 0 aliphatic rings. The predicted octanol–water partition coefficient (Wildman–Crippen LogP) is 3.38. The van der Waals surface area contributed by atoms with Gasteiger partial charge in [0.05, 0.1) is 13.4 Å². The largest absolute Gasteiger partial charge is 0.497 e. The molecule has 1 heterocycles. The second-order valence-corrected chi connectivity index (χ2v) is 5.78. The van der Waals surface area contributed by atoms with Gasteiger partial charge in [-0.1, -0.05) is 25.5 Å². The summed E-state index contributed by atoms with van der Waals surface area (Å²) in [7, 11) is 1.59. The number of carbonyl (C=O) groups excluding carboxylic acids is 2. The zero-order valence-electron chi connectivity index (χ0n) is 15.5. The Morgan fingerprint density at radius 2 is 1.96 bits per heavy atom. The maximum atomic E-state index is 12.4. The monoisotopic (exact) mass is 368 g/mol. The van der Waals surface area contributed by atoms with Crippen molar-refractivity contribution in [2.75, 3.05) is 13.7 Å². The normalized spacial score (nSPS) is 11.4. The Kier molecular flexibility index (Phi) is 7.91. The topological polar surface area (TPSA) is 80.6 Å². The van der Waals surface area contributed by atoms with Gasteiger partial charge in [0, 0.05) is 18.7 Å². The molecule has 0 fully saturated rings. The number of benzene rings is 1. The van der Waals surface area contributed by atoms with Gasteiger partial charge in [-0.05, 0) is 42.3 Å². The third kappa shape index (κ3) is 6.86. The van der Waals surface area contributed by atoms with Gasteiger partial charge >= 0.3 is 0 Å². The van der Waals surface area contributed by atoms with Crippen LogP contribution in [0.4, 0.5) is 0 Å². The molecule has 1 aromatic carbocycles. The van der Waals surface area contributed by atoms with Crippen LogP contribution in [0.15, 0.2) is 58.9 Å². The lowest BCUT2D eigenvalue weighted by Gasteiger charge is -2.09. The third-order valence-electron chi connectivity index (χ3n) is 3.69. The van der Waals surface area contributed by atoms with Crippen molar-refractivity contribution in [3.8, 4) is 5.75 Å². The fraction of sp³-hybridized carbons (Fsp3) is 0.238. The van der Waals surface area contributed by atoms with Crippen LogP contribution in [0, 0.1) is 0 Å². The zero-order chi connectivity index (χ0) is 19.5. The van der Waals surface area contributed by atoms with Crippen molar-refractivity contribution < 1.29 is 18.7 Å². The van der Waals surface area contributed by atoms with Gasteiger partial charge in [0.25, 0.3) is 5.91 Å². The van der Waals surface area contributed by atoms with E-state index in [-0.39, 0.29) is 11.6 Å². The molecule has 0 aliphatic heterocycles. The number of hydrogen-bond donors (Lipinski definition) is 2. The summed E-state index contributed by atoms with van der Waals surface area (Å²) in [6.07, 6.45) is 7.87. The molecule has 27 heavy (non-hydrogen) atoms. The fourth-order valence-electron chi connectivity index (χ4n) is 2.21. The molecular formula is C21H24N2O4. The summed E-state index contributed by atoms with van der Waals surface area (Å²) < 4.78 is 10.3. The van der Waals surface area contributed by atoms with Crippen molar-refractivity contribution in [1.82, 2.24) is 10.6 Å². The van der Waals surface area contributed by atoms with E-state index < -0.39 is 5.91 Å². The van der Waals surface area contributed by atoms with Crippen LogP contribution in [0.3, 0.4) is 0 Å². The molecule has 2 aromatic rings. The summed E-state index contributed by atoms with van der Waals surface area (Å²) in [4.78, 5) is 24.6. The molecule has 0 saturated heterocycles. The van der Waals surface area contributed by atoms with Crippen LogP contribution >= 0.6 is 0 Å². The first-order valence-corrected chi connectivity index (χ1v) is 8.79. The molecule has 2 amide bonds. The molecule has 0 atom stereocenters. The quantitative estimate of drug-likeness (QED) is 0.525. The first-order chi connectivity index (χ1) is 13.1. The average molecular weight is 368 g/mol. The highest BCUT2D eigenvalue weighted by Gasteiger charge is 2.12. The van der Waals surface area contributed by atoms with Gasteiger partial charge in [0.15, 0.2) is 0 Å². The number of unbranched alkanes of at least 4 members (excludes halogenated alkanes) is 1. The third-order valence-corrected chi connectivity index (χ3v) is 3.69. The number of furan rings is 1. The molecule has 0 saturated carbocycles. The standard InChI is InChI=1S/C21H24N2O4/c1-3-4-13-22-21(25)19(15-18-6-5-14-27-18)23-20(24)12-9-16-7-10-17(26-2)11-8-16/h5-12,14-15H,3-4,13H2,1-2H3,(H,22,25)(H,23,24)/b12-9+,19-15-. The Hall–Kier alpha value is -3.28. The minimum atomic E-state index is -0.408. The average Bonchev–Trinajstić information content (AvgIpc) is 3.19. The Balaban J connectivity index is 2.05. The highest BCUT2D eigenvalue weighted by atomic mass is 16.5. The van der Waals surface area contributed by atoms with Gasteiger partial charge in [-0.25, -0.2) is 0 Å². The number of methoxy groups -OCH3 is 1. The SMILES string of the molecule is CCCCNC(=O)/C(=C/c1ccco1)NC(=O)/C=C/c1ccc(OC)cc1. The number of nitrogens with one attached hydrogen (secondary N) is 2. The summed E-state index contributed by atoms with van der Waals surface area (Å²) in [6.45, 7) is 2.58. The smallest absolute Gasteiger partial charge is 0.267 e. The van der Waals surface area contributed by atoms with Crippen LogP contribution in [-0.4, -0.2) is 25.5 Å². The Morgan fingerprint density at radius 1 is 1.19 bits per heavy atom. The molecule has 142 valence electrons. The summed E-state index contributed by atoms with van der Waals surface area (Å²) in [6, 6.07) is 10.7. The van der Waals surface area contributed by atoms with Gasteiger partial charge in [0.2, 0.25) is 5.91 Å². The highest BCUT2D eigenvalue weighted by molar-refractivity contribution is 6.04. The number of hydrogen-bond acceptors (Lipinski definition) is 4. The number of amides is 2. The highest BCUT2D eigenvalue weighted by Crippen LogP contribution is 2.12. The van der Waals surface area contributed by atoms with Crippen molar-refractivity contribution in [2.24, 2.45) is 0 Å².